The number of hydrogen-bond donors (Lipinski definition) is 1. The average molecular weight is 330 g/mol. The second kappa shape index (κ2) is 7.98. The molecule has 112 valence electrons. The van der Waals surface area contributed by atoms with Gasteiger partial charge in [0.15, 0.2) is 0 Å². The van der Waals surface area contributed by atoms with Crippen molar-refractivity contribution in [1.29, 1.82) is 0 Å². The van der Waals surface area contributed by atoms with E-state index in [1.807, 2.05) is 0 Å². The van der Waals surface area contributed by atoms with Gasteiger partial charge in [-0.15, -0.1) is 0 Å². The smallest absolute Gasteiger partial charge is 0.0451 e. The maximum atomic E-state index is 6.33. The van der Waals surface area contributed by atoms with Crippen molar-refractivity contribution < 1.29 is 0 Å². The Labute approximate surface area is 136 Å². The van der Waals surface area contributed by atoms with Gasteiger partial charge in [-0.3, -0.25) is 0 Å². The third-order valence-electron chi connectivity index (χ3n) is 3.73. The molecule has 1 saturated heterocycles. The van der Waals surface area contributed by atoms with Crippen LogP contribution in [0.2, 0.25) is 5.02 Å². The van der Waals surface area contributed by atoms with Crippen LogP contribution in [0.3, 0.4) is 0 Å². The highest BCUT2D eigenvalue weighted by atomic mass is 35.5. The first-order chi connectivity index (χ1) is 9.63. The molecule has 0 amide bonds. The summed E-state index contributed by atoms with van der Waals surface area (Å²) in [7, 11) is 0. The molecule has 1 aliphatic heterocycles. The van der Waals surface area contributed by atoms with E-state index in [0.717, 1.165) is 23.6 Å². The van der Waals surface area contributed by atoms with Crippen LogP contribution in [-0.2, 0) is 0 Å². The van der Waals surface area contributed by atoms with Crippen LogP contribution < -0.4 is 5.32 Å². The summed E-state index contributed by atoms with van der Waals surface area (Å²) < 4.78 is 0. The predicted molar refractivity (Wildman–Crippen MR) is 95.4 cm³/mol. The van der Waals surface area contributed by atoms with Gasteiger partial charge in [-0.2, -0.15) is 23.5 Å². The van der Waals surface area contributed by atoms with Crippen LogP contribution in [0.4, 0.5) is 0 Å². The molecule has 0 saturated carbocycles. The highest BCUT2D eigenvalue weighted by Gasteiger charge is 2.31. The van der Waals surface area contributed by atoms with Crippen molar-refractivity contribution >= 4 is 35.1 Å². The largest absolute Gasteiger partial charge is 0.309 e. The second-order valence-corrected chi connectivity index (χ2v) is 8.53. The normalized spacial score (nSPS) is 24.6. The molecule has 1 aliphatic rings. The molecular weight excluding hydrogens is 306 g/mol. The van der Waals surface area contributed by atoms with Crippen molar-refractivity contribution in [3.05, 3.63) is 34.3 Å². The van der Waals surface area contributed by atoms with E-state index in [9.17, 15) is 0 Å². The SMILES string of the molecule is CCCNC(c1ccc(C)c(Cl)c1)C1SCCSC1C. The van der Waals surface area contributed by atoms with Gasteiger partial charge in [0.1, 0.15) is 0 Å². The number of benzene rings is 1. The van der Waals surface area contributed by atoms with Crippen LogP contribution in [0.25, 0.3) is 0 Å². The monoisotopic (exact) mass is 329 g/mol. The maximum Gasteiger partial charge on any atom is 0.0451 e. The van der Waals surface area contributed by atoms with E-state index >= 15 is 0 Å². The lowest BCUT2D eigenvalue weighted by atomic mass is 10.00. The van der Waals surface area contributed by atoms with Gasteiger partial charge in [0, 0.05) is 33.1 Å². The minimum absolute atomic E-state index is 0.404. The fourth-order valence-corrected chi connectivity index (χ4v) is 5.68. The lowest BCUT2D eigenvalue weighted by molar-refractivity contribution is 0.509. The first kappa shape index (κ1) is 16.5. The Balaban J connectivity index is 2.23. The summed E-state index contributed by atoms with van der Waals surface area (Å²) in [6, 6.07) is 6.93. The summed E-state index contributed by atoms with van der Waals surface area (Å²) in [5.41, 5.74) is 2.49. The van der Waals surface area contributed by atoms with E-state index in [0.29, 0.717) is 16.5 Å². The van der Waals surface area contributed by atoms with Crippen molar-refractivity contribution in [3.63, 3.8) is 0 Å². The molecule has 1 aromatic rings. The van der Waals surface area contributed by atoms with Crippen LogP contribution in [0, 0.1) is 6.92 Å². The van der Waals surface area contributed by atoms with Crippen molar-refractivity contribution in [1.82, 2.24) is 5.32 Å². The minimum Gasteiger partial charge on any atom is -0.309 e. The number of aryl methyl sites for hydroxylation is 1. The highest BCUT2D eigenvalue weighted by molar-refractivity contribution is 8.07. The molecule has 0 spiro atoms. The summed E-state index contributed by atoms with van der Waals surface area (Å²) in [5, 5.41) is 5.93. The predicted octanol–water partition coefficient (Wildman–Crippen LogP) is 4.93. The van der Waals surface area contributed by atoms with E-state index in [1.54, 1.807) is 0 Å². The molecule has 20 heavy (non-hydrogen) atoms. The Hall–Kier alpha value is 0.170. The van der Waals surface area contributed by atoms with Crippen molar-refractivity contribution in [3.8, 4) is 0 Å². The van der Waals surface area contributed by atoms with Crippen molar-refractivity contribution in [2.45, 2.75) is 43.7 Å². The van der Waals surface area contributed by atoms with E-state index in [4.69, 9.17) is 11.6 Å². The average Bonchev–Trinajstić information content (AvgIpc) is 2.44. The second-order valence-electron chi connectivity index (χ2n) is 5.35. The minimum atomic E-state index is 0.404. The standard InChI is InChI=1S/C16H24ClNS2/c1-4-7-18-15(16-12(3)19-8-9-20-16)13-6-5-11(2)14(17)10-13/h5-6,10,12,15-16,18H,4,7-9H2,1-3H3. The Kier molecular flexibility index (Phi) is 6.60. The molecule has 1 fully saturated rings. The number of nitrogens with one attached hydrogen (secondary N) is 1. The van der Waals surface area contributed by atoms with Crippen LogP contribution in [0.1, 0.15) is 37.4 Å². The van der Waals surface area contributed by atoms with Gasteiger partial charge in [-0.05, 0) is 37.1 Å². The molecule has 1 nitrogen and oxygen atoms in total. The molecule has 3 unspecified atom stereocenters. The zero-order valence-corrected chi connectivity index (χ0v) is 14.9. The van der Waals surface area contributed by atoms with E-state index in [2.05, 4.69) is 67.8 Å². The number of thioether (sulfide) groups is 2. The Morgan fingerprint density at radius 2 is 2.10 bits per heavy atom. The first-order valence-corrected chi connectivity index (χ1v) is 9.83. The van der Waals surface area contributed by atoms with Gasteiger partial charge >= 0.3 is 0 Å². The van der Waals surface area contributed by atoms with Gasteiger partial charge in [0.2, 0.25) is 0 Å². The molecule has 0 aromatic heterocycles. The van der Waals surface area contributed by atoms with Crippen LogP contribution in [0.5, 0.6) is 0 Å². The van der Waals surface area contributed by atoms with Gasteiger partial charge in [0.25, 0.3) is 0 Å². The fraction of sp³-hybridized carbons (Fsp3) is 0.625. The molecule has 4 heteroatoms. The van der Waals surface area contributed by atoms with Gasteiger partial charge in [-0.25, -0.2) is 0 Å². The number of hydrogen-bond acceptors (Lipinski definition) is 3. The van der Waals surface area contributed by atoms with E-state index < -0.39 is 0 Å². The maximum absolute atomic E-state index is 6.33. The summed E-state index contributed by atoms with van der Waals surface area (Å²) >= 11 is 10.5. The first-order valence-electron chi connectivity index (χ1n) is 7.36. The summed E-state index contributed by atoms with van der Waals surface area (Å²) in [6.45, 7) is 7.70. The van der Waals surface area contributed by atoms with Crippen molar-refractivity contribution in [2.24, 2.45) is 0 Å². The molecule has 0 bridgehead atoms. The Bertz CT molecular complexity index is 438. The lowest BCUT2D eigenvalue weighted by Crippen LogP contribution is -2.38. The van der Waals surface area contributed by atoms with Crippen LogP contribution >= 0.6 is 35.1 Å². The van der Waals surface area contributed by atoms with Gasteiger partial charge in [0.05, 0.1) is 0 Å². The Morgan fingerprint density at radius 3 is 2.75 bits per heavy atom. The zero-order chi connectivity index (χ0) is 14.5. The van der Waals surface area contributed by atoms with Gasteiger partial charge < -0.3 is 5.32 Å². The zero-order valence-electron chi connectivity index (χ0n) is 12.5. The summed E-state index contributed by atoms with van der Waals surface area (Å²) in [6.07, 6.45) is 1.16. The third kappa shape index (κ3) is 4.09. The molecule has 1 heterocycles. The number of halogens is 1. The molecule has 3 atom stereocenters. The summed E-state index contributed by atoms with van der Waals surface area (Å²) in [5.74, 6) is 2.53. The highest BCUT2D eigenvalue weighted by Crippen LogP contribution is 2.39. The fourth-order valence-electron chi connectivity index (χ4n) is 2.54. The summed E-state index contributed by atoms with van der Waals surface area (Å²) in [4.78, 5) is 0. The lowest BCUT2D eigenvalue weighted by Gasteiger charge is -2.35. The van der Waals surface area contributed by atoms with Gasteiger partial charge in [-0.1, -0.05) is 37.6 Å². The molecule has 0 aliphatic carbocycles. The topological polar surface area (TPSA) is 12.0 Å². The van der Waals surface area contributed by atoms with Crippen LogP contribution in [-0.4, -0.2) is 28.6 Å². The third-order valence-corrected chi connectivity index (χ3v) is 7.34. The molecule has 1 N–H and O–H groups in total. The molecule has 1 aromatic carbocycles. The molecular formula is C16H24ClNS2. The Morgan fingerprint density at radius 1 is 1.35 bits per heavy atom. The van der Waals surface area contributed by atoms with Crippen LogP contribution in [0.15, 0.2) is 18.2 Å². The quantitative estimate of drug-likeness (QED) is 0.823. The van der Waals surface area contributed by atoms with E-state index in [-0.39, 0.29) is 0 Å². The molecule has 2 rings (SSSR count). The van der Waals surface area contributed by atoms with E-state index in [1.165, 1.54) is 17.1 Å². The number of rotatable bonds is 5. The van der Waals surface area contributed by atoms with Crippen molar-refractivity contribution in [2.75, 3.05) is 18.1 Å². The molecule has 0 radical (unpaired) electrons.